The summed E-state index contributed by atoms with van der Waals surface area (Å²) in [5.74, 6) is 0.574. The second kappa shape index (κ2) is 5.78. The average Bonchev–Trinajstić information content (AvgIpc) is 3.02. The van der Waals surface area contributed by atoms with Gasteiger partial charge in [0.2, 0.25) is 0 Å². The molecule has 140 valence electrons. The highest BCUT2D eigenvalue weighted by molar-refractivity contribution is 7.11. The van der Waals surface area contributed by atoms with E-state index in [1.54, 1.807) is 19.2 Å². The van der Waals surface area contributed by atoms with E-state index in [4.69, 9.17) is 0 Å². The zero-order valence-corrected chi connectivity index (χ0v) is 16.4. The van der Waals surface area contributed by atoms with Crippen LogP contribution in [0.4, 0.5) is 0 Å². The van der Waals surface area contributed by atoms with Gasteiger partial charge in [0.1, 0.15) is 16.4 Å². The van der Waals surface area contributed by atoms with E-state index >= 15 is 0 Å². The van der Waals surface area contributed by atoms with Gasteiger partial charge in [0.05, 0.1) is 5.60 Å². The minimum absolute atomic E-state index is 0.177. The number of aliphatic hydroxyl groups is 2. The van der Waals surface area contributed by atoms with Crippen LogP contribution in [0.1, 0.15) is 60.5 Å². The lowest BCUT2D eigenvalue weighted by Gasteiger charge is -2.58. The maximum Gasteiger partial charge on any atom is 0.144 e. The maximum absolute atomic E-state index is 11.6. The monoisotopic (exact) mass is 373 g/mol. The normalized spacial score (nSPS) is 36.4. The van der Waals surface area contributed by atoms with Crippen molar-refractivity contribution in [1.82, 2.24) is 4.98 Å². The van der Waals surface area contributed by atoms with Gasteiger partial charge in [-0.15, -0.1) is 11.3 Å². The van der Waals surface area contributed by atoms with Crippen molar-refractivity contribution in [2.24, 2.45) is 5.92 Å². The van der Waals surface area contributed by atoms with Crippen molar-refractivity contribution in [1.29, 1.82) is 0 Å². The summed E-state index contributed by atoms with van der Waals surface area (Å²) in [6.07, 6.45) is 5.53. The molecular weight excluding hydrogens is 346 g/mol. The molecule has 2 aromatic rings. The average molecular weight is 374 g/mol. The van der Waals surface area contributed by atoms with Crippen molar-refractivity contribution in [3.8, 4) is 5.75 Å². The highest BCUT2D eigenvalue weighted by Crippen LogP contribution is 2.60. The Balaban J connectivity index is 1.83. The second-order valence-electron chi connectivity index (χ2n) is 8.38. The standard InChI is InChI=1S/C21H27NO3S/c1-4-20-12-19(3,24)21(25,18-22-11-13(2)26-18)10-15(20)6-5-14-9-16(23)7-8-17(14)20/h7-9,11,15,23-25H,4-6,10,12H2,1-3H3/t15-,19?,20-,21?/m1/s1. The van der Waals surface area contributed by atoms with Crippen LogP contribution in [0.2, 0.25) is 0 Å². The fourth-order valence-corrected chi connectivity index (χ4v) is 6.43. The molecule has 4 nitrogen and oxygen atoms in total. The topological polar surface area (TPSA) is 73.6 Å². The number of phenolic OH excluding ortho intramolecular Hbond substituents is 1. The van der Waals surface area contributed by atoms with Gasteiger partial charge in [-0.3, -0.25) is 0 Å². The number of nitrogens with zero attached hydrogens (tertiary/aromatic N) is 1. The van der Waals surface area contributed by atoms with Crippen molar-refractivity contribution in [2.45, 2.75) is 69.5 Å². The quantitative estimate of drug-likeness (QED) is 0.749. The van der Waals surface area contributed by atoms with Gasteiger partial charge < -0.3 is 15.3 Å². The van der Waals surface area contributed by atoms with Crippen LogP contribution in [0.25, 0.3) is 0 Å². The third-order valence-electron chi connectivity index (χ3n) is 6.87. The molecular formula is C21H27NO3S. The first-order chi connectivity index (χ1) is 12.2. The number of aromatic nitrogens is 1. The van der Waals surface area contributed by atoms with E-state index in [0.717, 1.165) is 24.1 Å². The molecule has 4 atom stereocenters. The van der Waals surface area contributed by atoms with Crippen LogP contribution >= 0.6 is 11.3 Å². The molecule has 2 aliphatic carbocycles. The Kier molecular flexibility index (Phi) is 3.99. The summed E-state index contributed by atoms with van der Waals surface area (Å²) in [6.45, 7) is 5.90. The highest BCUT2D eigenvalue weighted by Gasteiger charge is 2.61. The Morgan fingerprint density at radius 3 is 2.73 bits per heavy atom. The van der Waals surface area contributed by atoms with E-state index in [1.807, 2.05) is 19.1 Å². The van der Waals surface area contributed by atoms with Gasteiger partial charge in [-0.2, -0.15) is 0 Å². The summed E-state index contributed by atoms with van der Waals surface area (Å²) >= 11 is 1.47. The molecule has 0 bridgehead atoms. The lowest BCUT2D eigenvalue weighted by molar-refractivity contribution is -0.205. The van der Waals surface area contributed by atoms with Crippen molar-refractivity contribution < 1.29 is 15.3 Å². The number of aryl methyl sites for hydroxylation is 2. The molecule has 3 N–H and O–H groups in total. The summed E-state index contributed by atoms with van der Waals surface area (Å²) in [4.78, 5) is 5.47. The maximum atomic E-state index is 11.6. The number of hydrogen-bond acceptors (Lipinski definition) is 5. The van der Waals surface area contributed by atoms with Gasteiger partial charge in [0, 0.05) is 16.5 Å². The van der Waals surface area contributed by atoms with Gasteiger partial charge in [0.15, 0.2) is 0 Å². The minimum Gasteiger partial charge on any atom is -0.508 e. The third kappa shape index (κ3) is 2.37. The zero-order chi connectivity index (χ0) is 18.7. The number of fused-ring (bicyclic) bond motifs is 3. The number of benzene rings is 1. The number of aromatic hydroxyl groups is 1. The Hall–Kier alpha value is -1.43. The van der Waals surface area contributed by atoms with Crippen LogP contribution in [-0.4, -0.2) is 25.9 Å². The first-order valence-electron chi connectivity index (χ1n) is 9.42. The molecule has 5 heteroatoms. The van der Waals surface area contributed by atoms with Gasteiger partial charge >= 0.3 is 0 Å². The number of rotatable bonds is 2. The van der Waals surface area contributed by atoms with Crippen LogP contribution < -0.4 is 0 Å². The van der Waals surface area contributed by atoms with E-state index in [0.29, 0.717) is 23.6 Å². The first kappa shape index (κ1) is 18.0. The lowest BCUT2D eigenvalue weighted by Crippen LogP contribution is -2.62. The molecule has 2 aliphatic rings. The number of phenols is 1. The molecule has 1 aromatic heterocycles. The molecule has 0 radical (unpaired) electrons. The molecule has 2 unspecified atom stereocenters. The fraction of sp³-hybridized carbons (Fsp3) is 0.571. The zero-order valence-electron chi connectivity index (χ0n) is 15.6. The van der Waals surface area contributed by atoms with Crippen molar-refractivity contribution >= 4 is 11.3 Å². The first-order valence-corrected chi connectivity index (χ1v) is 10.2. The summed E-state index contributed by atoms with van der Waals surface area (Å²) in [6, 6.07) is 5.63. The molecule has 0 spiro atoms. The van der Waals surface area contributed by atoms with Gasteiger partial charge in [-0.05, 0) is 75.1 Å². The summed E-state index contributed by atoms with van der Waals surface area (Å²) in [7, 11) is 0. The fourth-order valence-electron chi connectivity index (χ4n) is 5.44. The van der Waals surface area contributed by atoms with Gasteiger partial charge in [-0.25, -0.2) is 4.98 Å². The van der Waals surface area contributed by atoms with Crippen LogP contribution in [0, 0.1) is 12.8 Å². The minimum atomic E-state index is -1.32. The SMILES string of the molecule is CC[C@@]12CC(C)(O)C(O)(c3ncc(C)s3)C[C@H]1CCc1cc(O)ccc12. The predicted octanol–water partition coefficient (Wildman–Crippen LogP) is 3.80. The van der Waals surface area contributed by atoms with Crippen molar-refractivity contribution in [2.75, 3.05) is 0 Å². The molecule has 26 heavy (non-hydrogen) atoms. The Morgan fingerprint density at radius 2 is 2.08 bits per heavy atom. The van der Waals surface area contributed by atoms with Crippen LogP contribution in [-0.2, 0) is 17.4 Å². The number of hydrogen-bond donors (Lipinski definition) is 3. The molecule has 1 aromatic carbocycles. The molecule has 1 heterocycles. The predicted molar refractivity (Wildman–Crippen MR) is 102 cm³/mol. The molecule has 0 amide bonds. The summed E-state index contributed by atoms with van der Waals surface area (Å²) < 4.78 is 0. The van der Waals surface area contributed by atoms with Crippen molar-refractivity contribution in [3.05, 3.63) is 45.4 Å². The largest absolute Gasteiger partial charge is 0.508 e. The Morgan fingerprint density at radius 1 is 1.31 bits per heavy atom. The van der Waals surface area contributed by atoms with E-state index in [1.165, 1.54) is 22.5 Å². The highest BCUT2D eigenvalue weighted by atomic mass is 32.1. The summed E-state index contributed by atoms with van der Waals surface area (Å²) in [5.41, 5.74) is -0.357. The molecule has 0 saturated heterocycles. The third-order valence-corrected chi connectivity index (χ3v) is 7.93. The van der Waals surface area contributed by atoms with E-state index in [2.05, 4.69) is 11.9 Å². The van der Waals surface area contributed by atoms with E-state index in [-0.39, 0.29) is 11.3 Å². The summed E-state index contributed by atoms with van der Waals surface area (Å²) in [5, 5.41) is 33.5. The molecule has 1 fully saturated rings. The van der Waals surface area contributed by atoms with Crippen LogP contribution in [0.3, 0.4) is 0 Å². The van der Waals surface area contributed by atoms with Crippen molar-refractivity contribution in [3.63, 3.8) is 0 Å². The number of thiazole rings is 1. The van der Waals surface area contributed by atoms with Crippen LogP contribution in [0.15, 0.2) is 24.4 Å². The van der Waals surface area contributed by atoms with Gasteiger partial charge in [0.25, 0.3) is 0 Å². The Bertz CT molecular complexity index is 846. The van der Waals surface area contributed by atoms with Gasteiger partial charge in [-0.1, -0.05) is 13.0 Å². The van der Waals surface area contributed by atoms with E-state index in [9.17, 15) is 15.3 Å². The molecule has 4 rings (SSSR count). The molecule has 0 aliphatic heterocycles. The lowest BCUT2D eigenvalue weighted by atomic mass is 9.49. The van der Waals surface area contributed by atoms with E-state index < -0.39 is 11.2 Å². The smallest absolute Gasteiger partial charge is 0.144 e. The molecule has 1 saturated carbocycles. The Labute approximate surface area is 158 Å². The van der Waals surface area contributed by atoms with Crippen LogP contribution in [0.5, 0.6) is 5.75 Å². The second-order valence-corrected chi connectivity index (χ2v) is 9.61.